The van der Waals surface area contributed by atoms with Crippen molar-refractivity contribution in [2.45, 2.75) is 18.9 Å². The standard InChI is InChI=1S/C18H15ClN2O2S/c19-15-5-2-1-4-12(15)13-8-14(13)17(22)20-9-11-10-23-18(21-11)16-6-3-7-24-16/h1-7,10,13-14H,8-9H2,(H,20,22)/t13-,14+/m0/s1. The number of aromatic nitrogens is 1. The van der Waals surface area contributed by atoms with Gasteiger partial charge in [0.05, 0.1) is 17.1 Å². The lowest BCUT2D eigenvalue weighted by atomic mass is 10.1. The lowest BCUT2D eigenvalue weighted by Crippen LogP contribution is -2.25. The van der Waals surface area contributed by atoms with Crippen LogP contribution >= 0.6 is 22.9 Å². The fraction of sp³-hybridized carbons (Fsp3) is 0.222. The van der Waals surface area contributed by atoms with E-state index in [-0.39, 0.29) is 17.7 Å². The van der Waals surface area contributed by atoms with Crippen molar-refractivity contribution in [2.75, 3.05) is 0 Å². The van der Waals surface area contributed by atoms with Gasteiger partial charge in [0, 0.05) is 10.9 Å². The van der Waals surface area contributed by atoms with E-state index in [1.165, 1.54) is 0 Å². The normalized spacial score (nSPS) is 19.2. The predicted molar refractivity (Wildman–Crippen MR) is 94.0 cm³/mol. The molecule has 1 aliphatic carbocycles. The Hall–Kier alpha value is -2.11. The zero-order valence-electron chi connectivity index (χ0n) is 12.7. The van der Waals surface area contributed by atoms with Crippen LogP contribution < -0.4 is 5.32 Å². The summed E-state index contributed by atoms with van der Waals surface area (Å²) < 4.78 is 5.45. The minimum absolute atomic E-state index is 0.00596. The highest BCUT2D eigenvalue weighted by Gasteiger charge is 2.44. The molecule has 1 fully saturated rings. The molecule has 0 aliphatic heterocycles. The number of hydrogen-bond donors (Lipinski definition) is 1. The van der Waals surface area contributed by atoms with Crippen LogP contribution in [0.3, 0.4) is 0 Å². The summed E-state index contributed by atoms with van der Waals surface area (Å²) in [6.45, 7) is 0.374. The van der Waals surface area contributed by atoms with Gasteiger partial charge in [0.1, 0.15) is 6.26 Å². The van der Waals surface area contributed by atoms with E-state index in [4.69, 9.17) is 16.0 Å². The number of oxazole rings is 1. The molecule has 122 valence electrons. The van der Waals surface area contributed by atoms with Crippen molar-refractivity contribution in [3.05, 3.63) is 64.3 Å². The summed E-state index contributed by atoms with van der Waals surface area (Å²) in [6, 6.07) is 11.6. The Morgan fingerprint density at radius 3 is 3.00 bits per heavy atom. The number of nitrogens with zero attached hydrogens (tertiary/aromatic N) is 1. The van der Waals surface area contributed by atoms with Gasteiger partial charge in [0.2, 0.25) is 11.8 Å². The van der Waals surface area contributed by atoms with Crippen molar-refractivity contribution >= 4 is 28.8 Å². The topological polar surface area (TPSA) is 55.1 Å². The summed E-state index contributed by atoms with van der Waals surface area (Å²) in [5, 5.41) is 5.64. The first-order valence-corrected chi connectivity index (χ1v) is 8.98. The third-order valence-corrected chi connectivity index (χ3v) is 5.36. The quantitative estimate of drug-likeness (QED) is 0.731. The van der Waals surface area contributed by atoms with Crippen molar-refractivity contribution < 1.29 is 9.21 Å². The molecule has 6 heteroatoms. The third-order valence-electron chi connectivity index (χ3n) is 4.16. The minimum Gasteiger partial charge on any atom is -0.443 e. The first-order chi connectivity index (χ1) is 11.7. The number of hydrogen-bond acceptors (Lipinski definition) is 4. The van der Waals surface area contributed by atoms with E-state index in [9.17, 15) is 4.79 Å². The lowest BCUT2D eigenvalue weighted by molar-refractivity contribution is -0.122. The van der Waals surface area contributed by atoms with Crippen LogP contribution in [0.25, 0.3) is 10.8 Å². The maximum absolute atomic E-state index is 12.3. The van der Waals surface area contributed by atoms with Gasteiger partial charge in [-0.3, -0.25) is 4.79 Å². The van der Waals surface area contributed by atoms with Crippen LogP contribution in [0.15, 0.2) is 52.5 Å². The van der Waals surface area contributed by atoms with E-state index in [0.717, 1.165) is 27.6 Å². The summed E-state index contributed by atoms with van der Waals surface area (Å²) in [5.41, 5.74) is 1.78. The molecule has 2 aromatic heterocycles. The highest BCUT2D eigenvalue weighted by Crippen LogP contribution is 2.49. The van der Waals surface area contributed by atoms with Crippen LogP contribution in [0.2, 0.25) is 5.02 Å². The van der Waals surface area contributed by atoms with Gasteiger partial charge in [0.15, 0.2) is 0 Å². The van der Waals surface area contributed by atoms with E-state index in [2.05, 4.69) is 10.3 Å². The van der Waals surface area contributed by atoms with Gasteiger partial charge in [-0.2, -0.15) is 0 Å². The zero-order valence-corrected chi connectivity index (χ0v) is 14.3. The van der Waals surface area contributed by atoms with Gasteiger partial charge >= 0.3 is 0 Å². The molecule has 0 spiro atoms. The predicted octanol–water partition coefficient (Wildman–Crippen LogP) is 4.48. The molecule has 2 heterocycles. The van der Waals surface area contributed by atoms with Crippen LogP contribution in [0.1, 0.15) is 23.6 Å². The number of carbonyl (C=O) groups is 1. The molecule has 1 saturated carbocycles. The lowest BCUT2D eigenvalue weighted by Gasteiger charge is -2.04. The van der Waals surface area contributed by atoms with Gasteiger partial charge in [-0.25, -0.2) is 4.98 Å². The first kappa shape index (κ1) is 15.4. The van der Waals surface area contributed by atoms with Gasteiger partial charge in [-0.05, 0) is 35.4 Å². The zero-order chi connectivity index (χ0) is 16.5. The minimum atomic E-state index is -0.00596. The van der Waals surface area contributed by atoms with Crippen LogP contribution in [0, 0.1) is 5.92 Å². The highest BCUT2D eigenvalue weighted by atomic mass is 35.5. The van der Waals surface area contributed by atoms with Crippen LogP contribution in [-0.4, -0.2) is 10.9 Å². The van der Waals surface area contributed by atoms with E-state index < -0.39 is 0 Å². The number of rotatable bonds is 5. The summed E-state index contributed by atoms with van der Waals surface area (Å²) in [4.78, 5) is 17.7. The van der Waals surface area contributed by atoms with E-state index >= 15 is 0 Å². The maximum Gasteiger partial charge on any atom is 0.236 e. The van der Waals surface area contributed by atoms with Gasteiger partial charge in [-0.15, -0.1) is 11.3 Å². The second-order valence-corrected chi connectivity index (χ2v) is 7.16. The van der Waals surface area contributed by atoms with Crippen molar-refractivity contribution in [2.24, 2.45) is 5.92 Å². The van der Waals surface area contributed by atoms with Crippen LogP contribution in [0.5, 0.6) is 0 Å². The van der Waals surface area contributed by atoms with Crippen molar-refractivity contribution in [1.82, 2.24) is 10.3 Å². The largest absolute Gasteiger partial charge is 0.443 e. The van der Waals surface area contributed by atoms with Crippen molar-refractivity contribution in [1.29, 1.82) is 0 Å². The molecule has 3 aromatic rings. The van der Waals surface area contributed by atoms with E-state index in [0.29, 0.717) is 12.4 Å². The maximum atomic E-state index is 12.3. The molecular weight excluding hydrogens is 344 g/mol. The molecule has 0 radical (unpaired) electrons. The Balaban J connectivity index is 1.34. The monoisotopic (exact) mass is 358 g/mol. The Morgan fingerprint density at radius 2 is 2.21 bits per heavy atom. The Bertz CT molecular complexity index is 860. The SMILES string of the molecule is O=C(NCc1coc(-c2cccs2)n1)[C@@H]1C[C@H]1c1ccccc1Cl. The number of benzene rings is 1. The molecule has 0 bridgehead atoms. The Morgan fingerprint density at radius 1 is 1.33 bits per heavy atom. The third kappa shape index (κ3) is 3.09. The van der Waals surface area contributed by atoms with Gasteiger partial charge in [-0.1, -0.05) is 35.9 Å². The molecule has 0 saturated heterocycles. The molecule has 24 heavy (non-hydrogen) atoms. The summed E-state index contributed by atoms with van der Waals surface area (Å²) in [7, 11) is 0. The molecule has 1 amide bonds. The van der Waals surface area contributed by atoms with Crippen molar-refractivity contribution in [3.63, 3.8) is 0 Å². The molecule has 2 atom stereocenters. The molecule has 1 N–H and O–H groups in total. The molecule has 0 unspecified atom stereocenters. The number of nitrogens with one attached hydrogen (secondary N) is 1. The average Bonchev–Trinajstić information content (AvgIpc) is 3.00. The smallest absolute Gasteiger partial charge is 0.236 e. The molecule has 4 rings (SSSR count). The van der Waals surface area contributed by atoms with Gasteiger partial charge < -0.3 is 9.73 Å². The fourth-order valence-electron chi connectivity index (χ4n) is 2.81. The second kappa shape index (κ2) is 6.42. The molecule has 4 nitrogen and oxygen atoms in total. The summed E-state index contributed by atoms with van der Waals surface area (Å²) >= 11 is 7.77. The van der Waals surface area contributed by atoms with E-state index in [1.54, 1.807) is 17.6 Å². The number of halogens is 1. The number of carbonyl (C=O) groups excluding carboxylic acids is 1. The Kier molecular flexibility index (Phi) is 4.12. The average molecular weight is 359 g/mol. The summed E-state index contributed by atoms with van der Waals surface area (Å²) in [5.74, 6) is 0.849. The summed E-state index contributed by atoms with van der Waals surface area (Å²) in [6.07, 6.45) is 2.43. The van der Waals surface area contributed by atoms with E-state index in [1.807, 2.05) is 41.8 Å². The molecule has 1 aliphatic rings. The Labute approximate surface area is 148 Å². The fourth-order valence-corrected chi connectivity index (χ4v) is 3.75. The number of amides is 1. The second-order valence-electron chi connectivity index (χ2n) is 5.81. The van der Waals surface area contributed by atoms with Gasteiger partial charge in [0.25, 0.3) is 0 Å². The highest BCUT2D eigenvalue weighted by molar-refractivity contribution is 7.13. The van der Waals surface area contributed by atoms with Crippen molar-refractivity contribution in [3.8, 4) is 10.8 Å². The molecule has 1 aromatic carbocycles. The van der Waals surface area contributed by atoms with Crippen LogP contribution in [-0.2, 0) is 11.3 Å². The first-order valence-electron chi connectivity index (χ1n) is 7.73. The molecular formula is C18H15ClN2O2S. The number of thiophene rings is 1. The van der Waals surface area contributed by atoms with Crippen LogP contribution in [0.4, 0.5) is 0 Å².